The number of nitrogens with one attached hydrogen (secondary N) is 2. The molecule has 1 aliphatic rings. The Labute approximate surface area is 144 Å². The fraction of sp³-hybridized carbons (Fsp3) is 0.556. The molecule has 1 aliphatic heterocycles. The number of nitrogens with zero attached hydrogens (tertiary/aromatic N) is 2. The molecule has 0 aliphatic carbocycles. The van der Waals surface area contributed by atoms with Gasteiger partial charge in [-0.1, -0.05) is 32.0 Å². The Bertz CT molecular complexity index is 525. The SMILES string of the molecule is CC(C)CCNC(=O)NC(=O)CN1CCN(c2ccccc2)CC1. The zero-order chi connectivity index (χ0) is 17.4. The van der Waals surface area contributed by atoms with E-state index in [2.05, 4.69) is 46.4 Å². The summed E-state index contributed by atoms with van der Waals surface area (Å²) in [7, 11) is 0. The third kappa shape index (κ3) is 6.20. The Morgan fingerprint density at radius 2 is 1.75 bits per heavy atom. The van der Waals surface area contributed by atoms with Gasteiger partial charge < -0.3 is 10.2 Å². The first-order chi connectivity index (χ1) is 11.5. The average molecular weight is 332 g/mol. The molecule has 3 amide bonds. The van der Waals surface area contributed by atoms with E-state index in [1.165, 1.54) is 5.69 Å². The zero-order valence-electron chi connectivity index (χ0n) is 14.6. The van der Waals surface area contributed by atoms with Gasteiger partial charge in [-0.05, 0) is 24.5 Å². The number of hydrogen-bond acceptors (Lipinski definition) is 4. The first-order valence-electron chi connectivity index (χ1n) is 8.64. The van der Waals surface area contributed by atoms with E-state index in [1.54, 1.807) is 0 Å². The van der Waals surface area contributed by atoms with E-state index in [0.717, 1.165) is 32.6 Å². The lowest BCUT2D eigenvalue weighted by atomic mass is 10.1. The second-order valence-corrected chi connectivity index (χ2v) is 6.59. The normalized spacial score (nSPS) is 15.4. The van der Waals surface area contributed by atoms with Crippen molar-refractivity contribution < 1.29 is 9.59 Å². The van der Waals surface area contributed by atoms with E-state index >= 15 is 0 Å². The monoisotopic (exact) mass is 332 g/mol. The highest BCUT2D eigenvalue weighted by molar-refractivity contribution is 5.95. The minimum absolute atomic E-state index is 0.245. The molecule has 2 rings (SSSR count). The lowest BCUT2D eigenvalue weighted by molar-refractivity contribution is -0.121. The maximum Gasteiger partial charge on any atom is 0.321 e. The molecule has 6 heteroatoms. The van der Waals surface area contributed by atoms with Crippen molar-refractivity contribution in [1.82, 2.24) is 15.5 Å². The molecular formula is C18H28N4O2. The van der Waals surface area contributed by atoms with Crippen LogP contribution in [0, 0.1) is 5.92 Å². The summed E-state index contributed by atoms with van der Waals surface area (Å²) in [5.41, 5.74) is 1.21. The van der Waals surface area contributed by atoms with Crippen molar-refractivity contribution in [3.05, 3.63) is 30.3 Å². The van der Waals surface area contributed by atoms with E-state index in [4.69, 9.17) is 0 Å². The summed E-state index contributed by atoms with van der Waals surface area (Å²) in [6, 6.07) is 9.88. The van der Waals surface area contributed by atoms with Gasteiger partial charge in [0.2, 0.25) is 5.91 Å². The Balaban J connectivity index is 1.66. The van der Waals surface area contributed by atoms with Crippen LogP contribution in [0.1, 0.15) is 20.3 Å². The van der Waals surface area contributed by atoms with Gasteiger partial charge in [0.1, 0.15) is 0 Å². The number of rotatable bonds is 6. The van der Waals surface area contributed by atoms with Crippen LogP contribution in [0.5, 0.6) is 0 Å². The Kier molecular flexibility index (Phi) is 7.06. The Morgan fingerprint density at radius 1 is 1.08 bits per heavy atom. The van der Waals surface area contributed by atoms with Crippen molar-refractivity contribution in [3.8, 4) is 0 Å². The van der Waals surface area contributed by atoms with Crippen LogP contribution in [0.3, 0.4) is 0 Å². The quantitative estimate of drug-likeness (QED) is 0.832. The molecule has 2 N–H and O–H groups in total. The standard InChI is InChI=1S/C18H28N4O2/c1-15(2)8-9-19-18(24)20-17(23)14-21-10-12-22(13-11-21)16-6-4-3-5-7-16/h3-7,15H,8-14H2,1-2H3,(H2,19,20,23,24). The van der Waals surface area contributed by atoms with Crippen molar-refractivity contribution >= 4 is 17.6 Å². The third-order valence-electron chi connectivity index (χ3n) is 4.12. The predicted molar refractivity (Wildman–Crippen MR) is 96.1 cm³/mol. The summed E-state index contributed by atoms with van der Waals surface area (Å²) in [5.74, 6) is 0.284. The van der Waals surface area contributed by atoms with Gasteiger partial charge in [0.25, 0.3) is 0 Å². The van der Waals surface area contributed by atoms with Crippen molar-refractivity contribution in [2.45, 2.75) is 20.3 Å². The van der Waals surface area contributed by atoms with Gasteiger partial charge in [-0.15, -0.1) is 0 Å². The first kappa shape index (κ1) is 18.3. The summed E-state index contributed by atoms with van der Waals surface area (Å²) in [6.07, 6.45) is 0.906. The van der Waals surface area contributed by atoms with E-state index in [1.807, 2.05) is 18.2 Å². The van der Waals surface area contributed by atoms with Crippen LogP contribution in [-0.4, -0.2) is 56.1 Å². The molecular weight excluding hydrogens is 304 g/mol. The lowest BCUT2D eigenvalue weighted by Gasteiger charge is -2.35. The number of para-hydroxylation sites is 1. The summed E-state index contributed by atoms with van der Waals surface area (Å²) in [6.45, 7) is 8.46. The molecule has 0 radical (unpaired) electrons. The highest BCUT2D eigenvalue weighted by Crippen LogP contribution is 2.15. The van der Waals surface area contributed by atoms with Gasteiger partial charge in [0.05, 0.1) is 6.54 Å². The number of carbonyl (C=O) groups is 2. The molecule has 1 saturated heterocycles. The maximum absolute atomic E-state index is 11.9. The number of piperazine rings is 1. The molecule has 1 aromatic carbocycles. The first-order valence-corrected chi connectivity index (χ1v) is 8.64. The average Bonchev–Trinajstić information content (AvgIpc) is 2.56. The molecule has 1 fully saturated rings. The maximum atomic E-state index is 11.9. The van der Waals surface area contributed by atoms with E-state index in [9.17, 15) is 9.59 Å². The highest BCUT2D eigenvalue weighted by atomic mass is 16.2. The molecule has 0 saturated carbocycles. The van der Waals surface area contributed by atoms with Gasteiger partial charge in [0, 0.05) is 38.4 Å². The van der Waals surface area contributed by atoms with Crippen LogP contribution in [0.15, 0.2) is 30.3 Å². The molecule has 0 spiro atoms. The number of hydrogen-bond donors (Lipinski definition) is 2. The number of carbonyl (C=O) groups excluding carboxylic acids is 2. The largest absolute Gasteiger partial charge is 0.369 e. The molecule has 132 valence electrons. The molecule has 0 atom stereocenters. The minimum atomic E-state index is -0.399. The van der Waals surface area contributed by atoms with E-state index < -0.39 is 6.03 Å². The van der Waals surface area contributed by atoms with Crippen LogP contribution in [-0.2, 0) is 4.79 Å². The highest BCUT2D eigenvalue weighted by Gasteiger charge is 2.19. The van der Waals surface area contributed by atoms with Crippen LogP contribution in [0.4, 0.5) is 10.5 Å². The lowest BCUT2D eigenvalue weighted by Crippen LogP contribution is -2.51. The summed E-state index contributed by atoms with van der Waals surface area (Å²) >= 11 is 0. The number of benzene rings is 1. The summed E-state index contributed by atoms with van der Waals surface area (Å²) < 4.78 is 0. The number of urea groups is 1. The molecule has 1 aromatic rings. The zero-order valence-corrected chi connectivity index (χ0v) is 14.6. The van der Waals surface area contributed by atoms with Crippen molar-refractivity contribution in [1.29, 1.82) is 0 Å². The summed E-state index contributed by atoms with van der Waals surface area (Å²) in [4.78, 5) is 28.0. The van der Waals surface area contributed by atoms with Crippen LogP contribution >= 0.6 is 0 Å². The topological polar surface area (TPSA) is 64.7 Å². The molecule has 0 aromatic heterocycles. The van der Waals surface area contributed by atoms with Gasteiger partial charge in [-0.2, -0.15) is 0 Å². The molecule has 0 bridgehead atoms. The van der Waals surface area contributed by atoms with Crippen LogP contribution < -0.4 is 15.5 Å². The fourth-order valence-corrected chi connectivity index (χ4v) is 2.69. The Morgan fingerprint density at radius 3 is 2.38 bits per heavy atom. The van der Waals surface area contributed by atoms with Crippen LogP contribution in [0.25, 0.3) is 0 Å². The predicted octanol–water partition coefficient (Wildman–Crippen LogP) is 1.68. The van der Waals surface area contributed by atoms with Crippen molar-refractivity contribution in [2.75, 3.05) is 44.2 Å². The van der Waals surface area contributed by atoms with Gasteiger partial charge >= 0.3 is 6.03 Å². The van der Waals surface area contributed by atoms with Crippen molar-refractivity contribution in [3.63, 3.8) is 0 Å². The molecule has 24 heavy (non-hydrogen) atoms. The minimum Gasteiger partial charge on any atom is -0.369 e. The number of amides is 3. The fourth-order valence-electron chi connectivity index (χ4n) is 2.69. The third-order valence-corrected chi connectivity index (χ3v) is 4.12. The molecule has 1 heterocycles. The number of anilines is 1. The van der Waals surface area contributed by atoms with E-state index in [-0.39, 0.29) is 12.5 Å². The van der Waals surface area contributed by atoms with Crippen molar-refractivity contribution in [2.24, 2.45) is 5.92 Å². The summed E-state index contributed by atoms with van der Waals surface area (Å²) in [5, 5.41) is 5.11. The number of imide groups is 1. The van der Waals surface area contributed by atoms with Gasteiger partial charge in [0.15, 0.2) is 0 Å². The second kappa shape index (κ2) is 9.27. The Hall–Kier alpha value is -2.08. The van der Waals surface area contributed by atoms with E-state index in [0.29, 0.717) is 12.5 Å². The van der Waals surface area contributed by atoms with Gasteiger partial charge in [-0.25, -0.2) is 4.79 Å². The smallest absolute Gasteiger partial charge is 0.321 e. The van der Waals surface area contributed by atoms with Crippen LogP contribution in [0.2, 0.25) is 0 Å². The molecule has 6 nitrogen and oxygen atoms in total. The molecule has 0 unspecified atom stereocenters. The van der Waals surface area contributed by atoms with Gasteiger partial charge in [-0.3, -0.25) is 15.0 Å². The second-order valence-electron chi connectivity index (χ2n) is 6.59.